The van der Waals surface area contributed by atoms with Crippen molar-refractivity contribution in [2.75, 3.05) is 36.3 Å². The van der Waals surface area contributed by atoms with Gasteiger partial charge in [0.2, 0.25) is 11.9 Å². The maximum Gasteiger partial charge on any atom is 0.433 e. The number of carbonyl (C=O) groups is 1. The first-order valence-corrected chi connectivity index (χ1v) is 12.0. The van der Waals surface area contributed by atoms with Gasteiger partial charge >= 0.3 is 6.18 Å². The lowest BCUT2D eigenvalue weighted by molar-refractivity contribution is -0.141. The van der Waals surface area contributed by atoms with Crippen LogP contribution in [0.1, 0.15) is 43.5 Å². The molecule has 2 saturated carbocycles. The number of ether oxygens (including phenoxy) is 2. The fourth-order valence-corrected chi connectivity index (χ4v) is 5.24. The standard InChI is InChI=1S/C24H29F3N6O3/c1-13-18-20(33(2)19(21(34)31-18)23(35-3)7-4-8-23)32-22(29-13)30-15-9-14(10-15)12-36-16-5-6-17(28-11-16)24(25,26)27/h5-6,11,14-15,19H,4,7-10,12H2,1-3H3,(H,31,34)(H,29,30,32)/t14-,15-,19?. The maximum atomic E-state index is 12.9. The fraction of sp³-hybridized carbons (Fsp3) is 0.583. The number of fused-ring (bicyclic) bond motifs is 1. The zero-order chi connectivity index (χ0) is 25.7. The molecule has 2 aromatic heterocycles. The molecule has 5 rings (SSSR count). The number of hydrogen-bond donors (Lipinski definition) is 2. The Morgan fingerprint density at radius 3 is 2.58 bits per heavy atom. The van der Waals surface area contributed by atoms with Crippen LogP contribution < -0.4 is 20.3 Å². The van der Waals surface area contributed by atoms with Crippen LogP contribution in [0.3, 0.4) is 0 Å². The summed E-state index contributed by atoms with van der Waals surface area (Å²) in [7, 11) is 3.52. The highest BCUT2D eigenvalue weighted by atomic mass is 19.4. The topological polar surface area (TPSA) is 102 Å². The molecule has 194 valence electrons. The first-order chi connectivity index (χ1) is 17.1. The van der Waals surface area contributed by atoms with Gasteiger partial charge < -0.3 is 25.0 Å². The first-order valence-electron chi connectivity index (χ1n) is 12.0. The minimum Gasteiger partial charge on any atom is -0.492 e. The van der Waals surface area contributed by atoms with Crippen LogP contribution in [-0.2, 0) is 15.7 Å². The Kier molecular flexibility index (Phi) is 6.17. The summed E-state index contributed by atoms with van der Waals surface area (Å²) < 4.78 is 49.3. The van der Waals surface area contributed by atoms with E-state index >= 15 is 0 Å². The molecule has 0 spiro atoms. The van der Waals surface area contributed by atoms with Crippen molar-refractivity contribution in [1.82, 2.24) is 15.0 Å². The molecule has 1 amide bonds. The highest BCUT2D eigenvalue weighted by Gasteiger charge is 2.52. The van der Waals surface area contributed by atoms with Gasteiger partial charge in [0.15, 0.2) is 5.82 Å². The van der Waals surface area contributed by atoms with E-state index in [-0.39, 0.29) is 17.9 Å². The molecule has 12 heteroatoms. The average molecular weight is 507 g/mol. The molecule has 3 heterocycles. The Hall–Kier alpha value is -3.15. The second-order valence-corrected chi connectivity index (χ2v) is 9.82. The summed E-state index contributed by atoms with van der Waals surface area (Å²) in [6.45, 7) is 2.23. The third-order valence-corrected chi connectivity index (χ3v) is 7.47. The molecule has 0 aromatic carbocycles. The molecule has 0 radical (unpaired) electrons. The predicted octanol–water partition coefficient (Wildman–Crippen LogP) is 3.79. The second kappa shape index (κ2) is 9.06. The number of anilines is 3. The van der Waals surface area contributed by atoms with E-state index in [2.05, 4.69) is 20.6 Å². The summed E-state index contributed by atoms with van der Waals surface area (Å²) >= 11 is 0. The Balaban J connectivity index is 1.18. The minimum absolute atomic E-state index is 0.107. The van der Waals surface area contributed by atoms with Gasteiger partial charge in [-0.25, -0.2) is 9.97 Å². The summed E-state index contributed by atoms with van der Waals surface area (Å²) in [6.07, 6.45) is 0.934. The largest absolute Gasteiger partial charge is 0.492 e. The number of aryl methyl sites for hydroxylation is 1. The molecule has 3 aliphatic rings. The van der Waals surface area contributed by atoms with E-state index in [4.69, 9.17) is 14.5 Å². The van der Waals surface area contributed by atoms with E-state index in [1.54, 1.807) is 7.11 Å². The van der Waals surface area contributed by atoms with Crippen LogP contribution in [-0.4, -0.2) is 59.3 Å². The normalized spacial score (nSPS) is 24.8. The Bertz CT molecular complexity index is 1130. The molecule has 2 fully saturated rings. The van der Waals surface area contributed by atoms with Crippen LogP contribution in [0.2, 0.25) is 0 Å². The molecule has 1 aliphatic heterocycles. The van der Waals surface area contributed by atoms with Gasteiger partial charge in [-0.2, -0.15) is 18.2 Å². The molecule has 2 aromatic rings. The number of amides is 1. The molecule has 0 bridgehead atoms. The zero-order valence-electron chi connectivity index (χ0n) is 20.4. The number of methoxy groups -OCH3 is 1. The summed E-state index contributed by atoms with van der Waals surface area (Å²) in [5, 5.41) is 6.34. The molecule has 2 N–H and O–H groups in total. The molecule has 9 nitrogen and oxygen atoms in total. The van der Waals surface area contributed by atoms with Gasteiger partial charge in [0.1, 0.15) is 23.2 Å². The van der Waals surface area contributed by atoms with Gasteiger partial charge in [0.25, 0.3) is 0 Å². The van der Waals surface area contributed by atoms with Crippen molar-refractivity contribution in [1.29, 1.82) is 0 Å². The number of nitrogens with one attached hydrogen (secondary N) is 2. The third kappa shape index (κ3) is 4.42. The molecular weight excluding hydrogens is 477 g/mol. The number of nitrogens with zero attached hydrogens (tertiary/aromatic N) is 4. The first kappa shape index (κ1) is 24.5. The molecule has 1 unspecified atom stereocenters. The Labute approximate surface area is 206 Å². The summed E-state index contributed by atoms with van der Waals surface area (Å²) in [5.74, 6) is 1.61. The number of hydrogen-bond acceptors (Lipinski definition) is 8. The predicted molar refractivity (Wildman–Crippen MR) is 126 cm³/mol. The maximum absolute atomic E-state index is 12.9. The van der Waals surface area contributed by atoms with Crippen molar-refractivity contribution in [3.63, 3.8) is 0 Å². The number of likely N-dealkylation sites (N-methyl/N-ethyl adjacent to an activating group) is 1. The van der Waals surface area contributed by atoms with Gasteiger partial charge in [-0.15, -0.1) is 0 Å². The SMILES string of the molecule is COC1(C2C(=O)Nc3c(C)nc(N[C@H]4C[C@H](COc5ccc(C(F)(F)F)nc5)C4)nc3N2C)CCC1. The van der Waals surface area contributed by atoms with E-state index in [9.17, 15) is 18.0 Å². The van der Waals surface area contributed by atoms with Crippen LogP contribution in [0, 0.1) is 12.8 Å². The molecule has 36 heavy (non-hydrogen) atoms. The number of aromatic nitrogens is 3. The van der Waals surface area contributed by atoms with E-state index in [1.807, 2.05) is 18.9 Å². The van der Waals surface area contributed by atoms with Crippen molar-refractivity contribution in [3.05, 3.63) is 29.7 Å². The Morgan fingerprint density at radius 2 is 2.00 bits per heavy atom. The summed E-state index contributed by atoms with van der Waals surface area (Å²) in [6, 6.07) is 1.89. The fourth-order valence-electron chi connectivity index (χ4n) is 5.24. The van der Waals surface area contributed by atoms with Crippen LogP contribution >= 0.6 is 0 Å². The van der Waals surface area contributed by atoms with Crippen molar-refractivity contribution in [2.45, 2.75) is 62.9 Å². The van der Waals surface area contributed by atoms with Crippen molar-refractivity contribution < 1.29 is 27.4 Å². The van der Waals surface area contributed by atoms with E-state index in [0.717, 1.165) is 44.4 Å². The van der Waals surface area contributed by atoms with Crippen molar-refractivity contribution in [2.24, 2.45) is 5.92 Å². The monoisotopic (exact) mass is 506 g/mol. The lowest BCUT2D eigenvalue weighted by atomic mass is 9.73. The number of pyridine rings is 1. The van der Waals surface area contributed by atoms with Crippen LogP contribution in [0.15, 0.2) is 18.3 Å². The van der Waals surface area contributed by atoms with Gasteiger partial charge in [-0.1, -0.05) is 0 Å². The van der Waals surface area contributed by atoms with E-state index in [0.29, 0.717) is 35.5 Å². The lowest BCUT2D eigenvalue weighted by Crippen LogP contribution is -2.64. The smallest absolute Gasteiger partial charge is 0.433 e. The summed E-state index contributed by atoms with van der Waals surface area (Å²) in [5.41, 5.74) is -0.160. The molecule has 2 aliphatic carbocycles. The van der Waals surface area contributed by atoms with Gasteiger partial charge in [-0.3, -0.25) is 4.79 Å². The van der Waals surface area contributed by atoms with Crippen LogP contribution in [0.4, 0.5) is 30.6 Å². The third-order valence-electron chi connectivity index (χ3n) is 7.47. The average Bonchev–Trinajstić information content (AvgIpc) is 2.77. The Morgan fingerprint density at radius 1 is 1.25 bits per heavy atom. The zero-order valence-corrected chi connectivity index (χ0v) is 20.4. The number of carbonyl (C=O) groups excluding carboxylic acids is 1. The van der Waals surface area contributed by atoms with Crippen LogP contribution in [0.5, 0.6) is 5.75 Å². The molecular formula is C24H29F3N6O3. The highest BCUT2D eigenvalue weighted by molar-refractivity contribution is 6.04. The quantitative estimate of drug-likeness (QED) is 0.585. The van der Waals surface area contributed by atoms with Gasteiger partial charge in [0.05, 0.1) is 24.1 Å². The number of halogens is 3. The molecule has 0 saturated heterocycles. The number of rotatable bonds is 7. The van der Waals surface area contributed by atoms with E-state index < -0.39 is 23.5 Å². The number of alkyl halides is 3. The minimum atomic E-state index is -4.47. The van der Waals surface area contributed by atoms with Crippen molar-refractivity contribution in [3.8, 4) is 5.75 Å². The lowest BCUT2D eigenvalue weighted by Gasteiger charge is -2.50. The second-order valence-electron chi connectivity index (χ2n) is 9.82. The van der Waals surface area contributed by atoms with Crippen molar-refractivity contribution >= 4 is 23.4 Å². The van der Waals surface area contributed by atoms with Crippen LogP contribution in [0.25, 0.3) is 0 Å². The highest BCUT2D eigenvalue weighted by Crippen LogP contribution is 2.45. The van der Waals surface area contributed by atoms with E-state index in [1.165, 1.54) is 6.07 Å². The van der Waals surface area contributed by atoms with Gasteiger partial charge in [0, 0.05) is 20.2 Å². The summed E-state index contributed by atoms with van der Waals surface area (Å²) in [4.78, 5) is 27.5. The molecule has 1 atom stereocenters. The van der Waals surface area contributed by atoms with Gasteiger partial charge in [-0.05, 0) is 57.1 Å².